The van der Waals surface area contributed by atoms with Gasteiger partial charge in [0.1, 0.15) is 11.7 Å². The van der Waals surface area contributed by atoms with E-state index in [9.17, 15) is 9.59 Å². The van der Waals surface area contributed by atoms with Crippen LogP contribution >= 0.6 is 0 Å². The standard InChI is InChI=1S/C10H18O4/c1-4-8(10(12)14-3)9(11)6-5-7-13-2/h8H,4-7H2,1-3H3. The van der Waals surface area contributed by atoms with Crippen molar-refractivity contribution in [3.8, 4) is 0 Å². The van der Waals surface area contributed by atoms with Crippen molar-refractivity contribution < 1.29 is 19.1 Å². The maximum atomic E-state index is 11.5. The molecule has 0 fully saturated rings. The van der Waals surface area contributed by atoms with Gasteiger partial charge in [0.25, 0.3) is 0 Å². The normalized spacial score (nSPS) is 12.2. The second-order valence-corrected chi connectivity index (χ2v) is 3.05. The Morgan fingerprint density at radius 1 is 1.29 bits per heavy atom. The third-order valence-electron chi connectivity index (χ3n) is 2.05. The summed E-state index contributed by atoms with van der Waals surface area (Å²) in [6.45, 7) is 2.35. The van der Waals surface area contributed by atoms with E-state index in [-0.39, 0.29) is 5.78 Å². The molecule has 0 aromatic carbocycles. The van der Waals surface area contributed by atoms with Gasteiger partial charge < -0.3 is 9.47 Å². The molecule has 14 heavy (non-hydrogen) atoms. The highest BCUT2D eigenvalue weighted by Crippen LogP contribution is 2.10. The van der Waals surface area contributed by atoms with Gasteiger partial charge in [0.05, 0.1) is 7.11 Å². The van der Waals surface area contributed by atoms with Crippen LogP contribution in [0.2, 0.25) is 0 Å². The van der Waals surface area contributed by atoms with Crippen molar-refractivity contribution in [3.63, 3.8) is 0 Å². The lowest BCUT2D eigenvalue weighted by Crippen LogP contribution is -2.24. The van der Waals surface area contributed by atoms with Gasteiger partial charge in [-0.05, 0) is 12.8 Å². The van der Waals surface area contributed by atoms with Crippen LogP contribution in [0.5, 0.6) is 0 Å². The van der Waals surface area contributed by atoms with Crippen molar-refractivity contribution >= 4 is 11.8 Å². The molecule has 0 rings (SSSR count). The maximum Gasteiger partial charge on any atom is 0.316 e. The van der Waals surface area contributed by atoms with Crippen molar-refractivity contribution in [1.82, 2.24) is 0 Å². The highest BCUT2D eigenvalue weighted by atomic mass is 16.5. The minimum atomic E-state index is -0.600. The number of hydrogen-bond acceptors (Lipinski definition) is 4. The molecule has 0 spiro atoms. The summed E-state index contributed by atoms with van der Waals surface area (Å²) in [7, 11) is 2.88. The van der Waals surface area contributed by atoms with E-state index >= 15 is 0 Å². The number of methoxy groups -OCH3 is 2. The first-order valence-corrected chi connectivity index (χ1v) is 4.76. The Balaban J connectivity index is 3.98. The van der Waals surface area contributed by atoms with Crippen LogP contribution in [0.1, 0.15) is 26.2 Å². The van der Waals surface area contributed by atoms with Gasteiger partial charge in [0.15, 0.2) is 0 Å². The predicted octanol–water partition coefficient (Wildman–Crippen LogP) is 1.18. The van der Waals surface area contributed by atoms with E-state index in [2.05, 4.69) is 4.74 Å². The lowest BCUT2D eigenvalue weighted by atomic mass is 9.98. The number of ether oxygens (including phenoxy) is 2. The molecule has 0 amide bonds. The first-order valence-electron chi connectivity index (χ1n) is 4.76. The molecule has 0 N–H and O–H groups in total. The van der Waals surface area contributed by atoms with Crippen molar-refractivity contribution in [2.75, 3.05) is 20.8 Å². The second kappa shape index (κ2) is 7.50. The summed E-state index contributed by atoms with van der Waals surface area (Å²) >= 11 is 0. The molecule has 1 unspecified atom stereocenters. The van der Waals surface area contributed by atoms with Gasteiger partial charge >= 0.3 is 5.97 Å². The fraction of sp³-hybridized carbons (Fsp3) is 0.800. The largest absolute Gasteiger partial charge is 0.468 e. The molecule has 0 bridgehead atoms. The van der Waals surface area contributed by atoms with Crippen molar-refractivity contribution in [1.29, 1.82) is 0 Å². The topological polar surface area (TPSA) is 52.6 Å². The lowest BCUT2D eigenvalue weighted by Gasteiger charge is -2.10. The molecule has 0 heterocycles. The molecule has 4 nitrogen and oxygen atoms in total. The Bertz CT molecular complexity index is 189. The average molecular weight is 202 g/mol. The van der Waals surface area contributed by atoms with Gasteiger partial charge in [0, 0.05) is 20.1 Å². The molecule has 4 heteroatoms. The Labute approximate surface area is 84.6 Å². The minimum Gasteiger partial charge on any atom is -0.468 e. The van der Waals surface area contributed by atoms with Crippen LogP contribution in [0.4, 0.5) is 0 Å². The van der Waals surface area contributed by atoms with Crippen LogP contribution in [0, 0.1) is 5.92 Å². The molecule has 0 aliphatic heterocycles. The number of hydrogen-bond donors (Lipinski definition) is 0. The molecule has 0 aromatic heterocycles. The van der Waals surface area contributed by atoms with Gasteiger partial charge in [0.2, 0.25) is 0 Å². The van der Waals surface area contributed by atoms with E-state index in [1.54, 1.807) is 14.0 Å². The van der Waals surface area contributed by atoms with Gasteiger partial charge in [-0.1, -0.05) is 6.92 Å². The smallest absolute Gasteiger partial charge is 0.316 e. The number of rotatable bonds is 7. The first-order chi connectivity index (χ1) is 6.67. The van der Waals surface area contributed by atoms with Crippen LogP contribution < -0.4 is 0 Å². The lowest BCUT2D eigenvalue weighted by molar-refractivity contribution is -0.149. The first kappa shape index (κ1) is 13.1. The van der Waals surface area contributed by atoms with E-state index in [4.69, 9.17) is 4.74 Å². The Kier molecular flexibility index (Phi) is 7.02. The molecule has 1 atom stereocenters. The minimum absolute atomic E-state index is 0.0589. The van der Waals surface area contributed by atoms with E-state index in [0.29, 0.717) is 25.9 Å². The van der Waals surface area contributed by atoms with E-state index < -0.39 is 11.9 Å². The number of carbonyl (C=O) groups excluding carboxylic acids is 2. The van der Waals surface area contributed by atoms with E-state index in [1.807, 2.05) is 0 Å². The SMILES string of the molecule is CCC(C(=O)CCCOC)C(=O)OC. The Morgan fingerprint density at radius 2 is 1.93 bits per heavy atom. The third-order valence-corrected chi connectivity index (χ3v) is 2.05. The van der Waals surface area contributed by atoms with E-state index in [1.165, 1.54) is 7.11 Å². The van der Waals surface area contributed by atoms with Crippen molar-refractivity contribution in [2.45, 2.75) is 26.2 Å². The highest BCUT2D eigenvalue weighted by molar-refractivity contribution is 5.98. The Hall–Kier alpha value is -0.900. The van der Waals surface area contributed by atoms with Gasteiger partial charge in [-0.25, -0.2) is 0 Å². The molecule has 0 saturated heterocycles. The molecule has 0 saturated carbocycles. The zero-order valence-electron chi connectivity index (χ0n) is 9.04. The molecule has 0 radical (unpaired) electrons. The van der Waals surface area contributed by atoms with Crippen LogP contribution in [-0.4, -0.2) is 32.6 Å². The highest BCUT2D eigenvalue weighted by Gasteiger charge is 2.24. The van der Waals surface area contributed by atoms with Gasteiger partial charge in [-0.2, -0.15) is 0 Å². The predicted molar refractivity (Wildman–Crippen MR) is 51.9 cm³/mol. The van der Waals surface area contributed by atoms with Crippen LogP contribution in [0.25, 0.3) is 0 Å². The molecular formula is C10H18O4. The number of esters is 1. The van der Waals surface area contributed by atoms with Crippen LogP contribution in [-0.2, 0) is 19.1 Å². The van der Waals surface area contributed by atoms with Crippen molar-refractivity contribution in [2.24, 2.45) is 5.92 Å². The third kappa shape index (κ3) is 4.37. The van der Waals surface area contributed by atoms with Gasteiger partial charge in [-0.15, -0.1) is 0 Å². The average Bonchev–Trinajstić information content (AvgIpc) is 2.19. The molecule has 0 aliphatic rings. The fourth-order valence-electron chi connectivity index (χ4n) is 1.23. The van der Waals surface area contributed by atoms with E-state index in [0.717, 1.165) is 0 Å². The Morgan fingerprint density at radius 3 is 2.36 bits per heavy atom. The molecule has 82 valence electrons. The second-order valence-electron chi connectivity index (χ2n) is 3.05. The zero-order valence-corrected chi connectivity index (χ0v) is 9.04. The van der Waals surface area contributed by atoms with Crippen LogP contribution in [0.15, 0.2) is 0 Å². The maximum absolute atomic E-state index is 11.5. The summed E-state index contributed by atoms with van der Waals surface area (Å²) < 4.78 is 9.36. The number of carbonyl (C=O) groups is 2. The monoisotopic (exact) mass is 202 g/mol. The quantitative estimate of drug-likeness (QED) is 0.353. The summed E-state index contributed by atoms with van der Waals surface area (Å²) in [5.74, 6) is -1.09. The molecule has 0 aromatic rings. The molecular weight excluding hydrogens is 184 g/mol. The summed E-state index contributed by atoms with van der Waals surface area (Å²) in [4.78, 5) is 22.6. The van der Waals surface area contributed by atoms with Crippen molar-refractivity contribution in [3.05, 3.63) is 0 Å². The summed E-state index contributed by atoms with van der Waals surface area (Å²) in [5, 5.41) is 0. The summed E-state index contributed by atoms with van der Waals surface area (Å²) in [6.07, 6.45) is 1.53. The molecule has 0 aliphatic carbocycles. The van der Waals surface area contributed by atoms with Crippen LogP contribution in [0.3, 0.4) is 0 Å². The van der Waals surface area contributed by atoms with Gasteiger partial charge in [-0.3, -0.25) is 9.59 Å². The number of ketones is 1. The summed E-state index contributed by atoms with van der Waals surface area (Å²) in [6, 6.07) is 0. The zero-order chi connectivity index (χ0) is 11.0. The summed E-state index contributed by atoms with van der Waals surface area (Å²) in [5.41, 5.74) is 0. The number of Topliss-reactive ketones (excluding diaryl/α,β-unsaturated/α-hetero) is 1. The fourth-order valence-corrected chi connectivity index (χ4v) is 1.23.